The Morgan fingerprint density at radius 2 is 2.06 bits per heavy atom. The first-order valence-corrected chi connectivity index (χ1v) is 5.98. The second-order valence-corrected chi connectivity index (χ2v) is 4.37. The zero-order valence-corrected chi connectivity index (χ0v) is 10.8. The number of nitrogens with one attached hydrogen (secondary N) is 1. The van der Waals surface area contributed by atoms with Gasteiger partial charge in [-0.05, 0) is 26.8 Å². The molecule has 0 aliphatic rings. The first-order chi connectivity index (χ1) is 8.58. The Labute approximate surface area is 106 Å². The van der Waals surface area contributed by atoms with Crippen LogP contribution in [-0.2, 0) is 6.54 Å². The van der Waals surface area contributed by atoms with Crippen molar-refractivity contribution in [2.75, 3.05) is 0 Å². The van der Waals surface area contributed by atoms with E-state index < -0.39 is 0 Å². The van der Waals surface area contributed by atoms with E-state index in [0.29, 0.717) is 18.0 Å². The second kappa shape index (κ2) is 5.31. The molecule has 1 aromatic carbocycles. The molecular formula is C14H17FN2O. The minimum absolute atomic E-state index is 0.0845. The van der Waals surface area contributed by atoms with Crippen molar-refractivity contribution in [1.29, 1.82) is 0 Å². The summed E-state index contributed by atoms with van der Waals surface area (Å²) in [5.41, 5.74) is 1.54. The molecule has 0 aliphatic heterocycles. The molecule has 2 rings (SSSR count). The molecule has 0 radical (unpaired) electrons. The SMILES string of the molecule is Cc1nc(CNC(C)c2ccccc2F)oc1C. The molecule has 96 valence electrons. The Balaban J connectivity index is 2.00. The van der Waals surface area contributed by atoms with E-state index in [1.165, 1.54) is 6.07 Å². The van der Waals surface area contributed by atoms with E-state index in [2.05, 4.69) is 10.3 Å². The van der Waals surface area contributed by atoms with Gasteiger partial charge in [0.25, 0.3) is 0 Å². The Bertz CT molecular complexity index is 517. The second-order valence-electron chi connectivity index (χ2n) is 4.37. The number of halogens is 1. The van der Waals surface area contributed by atoms with Gasteiger partial charge in [0.05, 0.1) is 12.2 Å². The molecule has 0 bridgehead atoms. The van der Waals surface area contributed by atoms with Gasteiger partial charge in [0.15, 0.2) is 0 Å². The van der Waals surface area contributed by atoms with Crippen LogP contribution in [0.3, 0.4) is 0 Å². The molecule has 18 heavy (non-hydrogen) atoms. The van der Waals surface area contributed by atoms with Gasteiger partial charge in [-0.2, -0.15) is 0 Å². The maximum Gasteiger partial charge on any atom is 0.208 e. The smallest absolute Gasteiger partial charge is 0.208 e. The standard InChI is InChI=1S/C14H17FN2O/c1-9-11(3)18-14(17-9)8-16-10(2)12-6-4-5-7-13(12)15/h4-7,10,16H,8H2,1-3H3. The van der Waals surface area contributed by atoms with E-state index in [1.807, 2.05) is 26.8 Å². The fraction of sp³-hybridized carbons (Fsp3) is 0.357. The third kappa shape index (κ3) is 2.76. The number of hydrogen-bond donors (Lipinski definition) is 1. The summed E-state index contributed by atoms with van der Waals surface area (Å²) in [6.07, 6.45) is 0. The van der Waals surface area contributed by atoms with Crippen LogP contribution in [0.2, 0.25) is 0 Å². The molecule has 1 aromatic heterocycles. The third-order valence-corrected chi connectivity index (χ3v) is 3.00. The summed E-state index contributed by atoms with van der Waals surface area (Å²) in [6.45, 7) is 6.19. The number of aromatic nitrogens is 1. The molecule has 1 N–H and O–H groups in total. The largest absolute Gasteiger partial charge is 0.444 e. The van der Waals surface area contributed by atoms with Crippen LogP contribution >= 0.6 is 0 Å². The quantitative estimate of drug-likeness (QED) is 0.902. The number of hydrogen-bond acceptors (Lipinski definition) is 3. The molecule has 0 fully saturated rings. The van der Waals surface area contributed by atoms with Crippen molar-refractivity contribution in [3.8, 4) is 0 Å². The predicted molar refractivity (Wildman–Crippen MR) is 67.6 cm³/mol. The van der Waals surface area contributed by atoms with Gasteiger partial charge in [0, 0.05) is 11.6 Å². The predicted octanol–water partition coefficient (Wildman–Crippen LogP) is 3.28. The van der Waals surface area contributed by atoms with Crippen LogP contribution in [0.5, 0.6) is 0 Å². The average Bonchev–Trinajstić information content (AvgIpc) is 2.66. The van der Waals surface area contributed by atoms with Gasteiger partial charge < -0.3 is 9.73 Å². The molecule has 1 heterocycles. The van der Waals surface area contributed by atoms with E-state index in [-0.39, 0.29) is 11.9 Å². The minimum Gasteiger partial charge on any atom is -0.444 e. The molecule has 2 aromatic rings. The van der Waals surface area contributed by atoms with Gasteiger partial charge in [0.2, 0.25) is 5.89 Å². The molecule has 0 saturated heterocycles. The van der Waals surface area contributed by atoms with Crippen LogP contribution < -0.4 is 5.32 Å². The summed E-state index contributed by atoms with van der Waals surface area (Å²) in [5.74, 6) is 1.26. The number of rotatable bonds is 4. The van der Waals surface area contributed by atoms with E-state index >= 15 is 0 Å². The highest BCUT2D eigenvalue weighted by molar-refractivity contribution is 5.20. The number of oxazole rings is 1. The van der Waals surface area contributed by atoms with Crippen LogP contribution in [0.1, 0.15) is 35.9 Å². The van der Waals surface area contributed by atoms with E-state index in [9.17, 15) is 4.39 Å². The lowest BCUT2D eigenvalue weighted by molar-refractivity contribution is 0.427. The summed E-state index contributed by atoms with van der Waals surface area (Å²) in [5, 5.41) is 3.20. The first kappa shape index (κ1) is 12.8. The fourth-order valence-electron chi connectivity index (χ4n) is 1.79. The lowest BCUT2D eigenvalue weighted by Gasteiger charge is -2.13. The van der Waals surface area contributed by atoms with Gasteiger partial charge in [-0.25, -0.2) is 9.37 Å². The van der Waals surface area contributed by atoms with Crippen molar-refractivity contribution in [2.24, 2.45) is 0 Å². The van der Waals surface area contributed by atoms with Gasteiger partial charge in [-0.1, -0.05) is 18.2 Å². The molecule has 1 unspecified atom stereocenters. The maximum absolute atomic E-state index is 13.6. The monoisotopic (exact) mass is 248 g/mol. The van der Waals surface area contributed by atoms with Crippen molar-refractivity contribution in [3.63, 3.8) is 0 Å². The van der Waals surface area contributed by atoms with Crippen LogP contribution in [0.4, 0.5) is 4.39 Å². The molecule has 0 spiro atoms. The van der Waals surface area contributed by atoms with E-state index in [1.54, 1.807) is 12.1 Å². The summed E-state index contributed by atoms with van der Waals surface area (Å²) < 4.78 is 19.0. The van der Waals surface area contributed by atoms with Gasteiger partial charge >= 0.3 is 0 Å². The molecule has 3 nitrogen and oxygen atoms in total. The summed E-state index contributed by atoms with van der Waals surface area (Å²) >= 11 is 0. The van der Waals surface area contributed by atoms with E-state index in [4.69, 9.17) is 4.42 Å². The summed E-state index contributed by atoms with van der Waals surface area (Å²) in [7, 11) is 0. The zero-order valence-electron chi connectivity index (χ0n) is 10.8. The first-order valence-electron chi connectivity index (χ1n) is 5.98. The third-order valence-electron chi connectivity index (χ3n) is 3.00. The van der Waals surface area contributed by atoms with Crippen molar-refractivity contribution < 1.29 is 8.81 Å². The normalized spacial score (nSPS) is 12.7. The lowest BCUT2D eigenvalue weighted by Crippen LogP contribution is -2.19. The van der Waals surface area contributed by atoms with Crippen molar-refractivity contribution in [2.45, 2.75) is 33.4 Å². The Kier molecular flexibility index (Phi) is 3.77. The number of nitrogens with zero attached hydrogens (tertiary/aromatic N) is 1. The van der Waals surface area contributed by atoms with Gasteiger partial charge in [0.1, 0.15) is 11.6 Å². The Hall–Kier alpha value is -1.68. The lowest BCUT2D eigenvalue weighted by atomic mass is 10.1. The van der Waals surface area contributed by atoms with Gasteiger partial charge in [-0.3, -0.25) is 0 Å². The highest BCUT2D eigenvalue weighted by atomic mass is 19.1. The fourth-order valence-corrected chi connectivity index (χ4v) is 1.79. The average molecular weight is 248 g/mol. The van der Waals surface area contributed by atoms with E-state index in [0.717, 1.165) is 11.5 Å². The highest BCUT2D eigenvalue weighted by Crippen LogP contribution is 2.17. The zero-order chi connectivity index (χ0) is 13.1. The topological polar surface area (TPSA) is 38.1 Å². The minimum atomic E-state index is -0.197. The molecular weight excluding hydrogens is 231 g/mol. The van der Waals surface area contributed by atoms with Crippen molar-refractivity contribution in [3.05, 3.63) is 53.0 Å². The van der Waals surface area contributed by atoms with Crippen molar-refractivity contribution >= 4 is 0 Å². The van der Waals surface area contributed by atoms with Gasteiger partial charge in [-0.15, -0.1) is 0 Å². The number of benzene rings is 1. The summed E-state index contributed by atoms with van der Waals surface area (Å²) in [4.78, 5) is 4.28. The van der Waals surface area contributed by atoms with Crippen LogP contribution in [0, 0.1) is 19.7 Å². The Morgan fingerprint density at radius 1 is 1.33 bits per heavy atom. The number of aryl methyl sites for hydroxylation is 2. The van der Waals surface area contributed by atoms with Crippen molar-refractivity contribution in [1.82, 2.24) is 10.3 Å². The van der Waals surface area contributed by atoms with Crippen LogP contribution in [-0.4, -0.2) is 4.98 Å². The summed E-state index contributed by atoms with van der Waals surface area (Å²) in [6, 6.07) is 6.67. The van der Waals surface area contributed by atoms with Crippen LogP contribution in [0.15, 0.2) is 28.7 Å². The highest BCUT2D eigenvalue weighted by Gasteiger charge is 2.11. The Morgan fingerprint density at radius 3 is 2.67 bits per heavy atom. The van der Waals surface area contributed by atoms with Crippen LogP contribution in [0.25, 0.3) is 0 Å². The maximum atomic E-state index is 13.6. The molecule has 1 atom stereocenters. The molecule has 0 aliphatic carbocycles. The molecule has 0 amide bonds. The molecule has 4 heteroatoms. The molecule has 0 saturated carbocycles.